The van der Waals surface area contributed by atoms with Crippen molar-refractivity contribution in [2.45, 2.75) is 38.8 Å². The Labute approximate surface area is 170 Å². The minimum atomic E-state index is -0.613. The topological polar surface area (TPSA) is 67.4 Å². The third kappa shape index (κ3) is 5.04. The molecule has 6 heteroatoms. The van der Waals surface area contributed by atoms with Crippen molar-refractivity contribution in [1.29, 1.82) is 0 Å². The van der Waals surface area contributed by atoms with Gasteiger partial charge in [0.2, 0.25) is 5.91 Å². The van der Waals surface area contributed by atoms with Crippen LogP contribution in [0.2, 0.25) is 5.02 Å². The lowest BCUT2D eigenvalue weighted by molar-refractivity contribution is -0.124. The van der Waals surface area contributed by atoms with E-state index in [1.165, 1.54) is 0 Å². The van der Waals surface area contributed by atoms with Gasteiger partial charge in [-0.1, -0.05) is 43.6 Å². The standard InChI is InChI=1S/C22H25ClN2O3/c1-14(2)13-19(25-21(26)15-7-9-16(23)10-8-15)22(27)24-18-11-12-28-20-6-4-3-5-17(18)20/h3-10,14,18-19H,11-13H2,1-2H3,(H,24,27)(H,25,26)/t18-,19-/m1/s1. The van der Waals surface area contributed by atoms with E-state index in [9.17, 15) is 9.59 Å². The minimum Gasteiger partial charge on any atom is -0.493 e. The molecule has 0 saturated carbocycles. The Kier molecular flexibility index (Phi) is 6.57. The molecule has 0 spiro atoms. The second-order valence-corrected chi connectivity index (χ2v) is 7.84. The van der Waals surface area contributed by atoms with Crippen molar-refractivity contribution < 1.29 is 14.3 Å². The highest BCUT2D eigenvalue weighted by molar-refractivity contribution is 6.30. The van der Waals surface area contributed by atoms with E-state index in [1.807, 2.05) is 38.1 Å². The quantitative estimate of drug-likeness (QED) is 0.766. The number of hydrogen-bond donors (Lipinski definition) is 2. The molecule has 0 radical (unpaired) electrons. The molecule has 1 aliphatic rings. The number of halogens is 1. The van der Waals surface area contributed by atoms with Crippen LogP contribution in [0.1, 0.15) is 48.7 Å². The molecule has 5 nitrogen and oxygen atoms in total. The van der Waals surface area contributed by atoms with Crippen LogP contribution in [0.15, 0.2) is 48.5 Å². The monoisotopic (exact) mass is 400 g/mol. The highest BCUT2D eigenvalue weighted by Gasteiger charge is 2.28. The highest BCUT2D eigenvalue weighted by Crippen LogP contribution is 2.31. The van der Waals surface area contributed by atoms with Gasteiger partial charge in [-0.15, -0.1) is 0 Å². The van der Waals surface area contributed by atoms with Crippen LogP contribution >= 0.6 is 11.6 Å². The van der Waals surface area contributed by atoms with Crippen LogP contribution in [0, 0.1) is 5.92 Å². The second kappa shape index (κ2) is 9.11. The first kappa shape index (κ1) is 20.2. The van der Waals surface area contributed by atoms with Crippen LogP contribution in [-0.2, 0) is 4.79 Å². The maximum Gasteiger partial charge on any atom is 0.251 e. The van der Waals surface area contributed by atoms with Crippen LogP contribution in [0.4, 0.5) is 0 Å². The zero-order chi connectivity index (χ0) is 20.1. The van der Waals surface area contributed by atoms with E-state index in [0.717, 1.165) is 11.3 Å². The van der Waals surface area contributed by atoms with Crippen molar-refractivity contribution in [3.63, 3.8) is 0 Å². The van der Waals surface area contributed by atoms with E-state index in [-0.39, 0.29) is 23.8 Å². The summed E-state index contributed by atoms with van der Waals surface area (Å²) in [5, 5.41) is 6.53. The third-order valence-electron chi connectivity index (χ3n) is 4.71. The fourth-order valence-corrected chi connectivity index (χ4v) is 3.44. The first-order chi connectivity index (χ1) is 13.4. The summed E-state index contributed by atoms with van der Waals surface area (Å²) in [6.45, 7) is 4.60. The van der Waals surface area contributed by atoms with E-state index < -0.39 is 6.04 Å². The molecule has 2 amide bonds. The summed E-state index contributed by atoms with van der Waals surface area (Å²) in [5.41, 5.74) is 1.44. The summed E-state index contributed by atoms with van der Waals surface area (Å²) in [5.74, 6) is 0.579. The lowest BCUT2D eigenvalue weighted by Gasteiger charge is -2.29. The van der Waals surface area contributed by atoms with Crippen LogP contribution in [-0.4, -0.2) is 24.5 Å². The Hall–Kier alpha value is -2.53. The molecular weight excluding hydrogens is 376 g/mol. The number of para-hydroxylation sites is 1. The molecule has 2 aromatic carbocycles. The van der Waals surface area contributed by atoms with Gasteiger partial charge in [0.25, 0.3) is 5.91 Å². The van der Waals surface area contributed by atoms with Crippen LogP contribution in [0.3, 0.4) is 0 Å². The molecular formula is C22H25ClN2O3. The number of hydrogen-bond acceptors (Lipinski definition) is 3. The van der Waals surface area contributed by atoms with Crippen molar-refractivity contribution in [2.75, 3.05) is 6.61 Å². The van der Waals surface area contributed by atoms with Gasteiger partial charge in [-0.2, -0.15) is 0 Å². The Balaban J connectivity index is 1.72. The van der Waals surface area contributed by atoms with Crippen molar-refractivity contribution in [3.05, 3.63) is 64.7 Å². The molecule has 28 heavy (non-hydrogen) atoms. The molecule has 3 rings (SSSR count). The normalized spacial score (nSPS) is 16.6. The maximum absolute atomic E-state index is 13.0. The SMILES string of the molecule is CC(C)C[C@@H](NC(=O)c1ccc(Cl)cc1)C(=O)N[C@@H]1CCOc2ccccc21. The van der Waals surface area contributed by atoms with Gasteiger partial charge in [0, 0.05) is 22.6 Å². The summed E-state index contributed by atoms with van der Waals surface area (Å²) in [4.78, 5) is 25.6. The number of nitrogens with one attached hydrogen (secondary N) is 2. The summed E-state index contributed by atoms with van der Waals surface area (Å²) in [6, 6.07) is 13.6. The minimum absolute atomic E-state index is 0.125. The highest BCUT2D eigenvalue weighted by atomic mass is 35.5. The van der Waals surface area contributed by atoms with E-state index in [1.54, 1.807) is 24.3 Å². The van der Waals surface area contributed by atoms with Crippen molar-refractivity contribution in [1.82, 2.24) is 10.6 Å². The fourth-order valence-electron chi connectivity index (χ4n) is 3.31. The molecule has 0 fully saturated rings. The number of rotatable bonds is 6. The number of carbonyl (C=O) groups excluding carboxylic acids is 2. The first-order valence-electron chi connectivity index (χ1n) is 9.52. The van der Waals surface area contributed by atoms with Gasteiger partial charge in [0.15, 0.2) is 0 Å². The van der Waals surface area contributed by atoms with Gasteiger partial charge in [0.05, 0.1) is 12.6 Å². The van der Waals surface area contributed by atoms with Gasteiger partial charge in [-0.05, 0) is 42.7 Å². The molecule has 0 aliphatic carbocycles. The molecule has 1 aliphatic heterocycles. The predicted molar refractivity (Wildman–Crippen MR) is 110 cm³/mol. The first-order valence-corrected chi connectivity index (χ1v) is 9.90. The van der Waals surface area contributed by atoms with E-state index in [2.05, 4.69) is 10.6 Å². The lowest BCUT2D eigenvalue weighted by Crippen LogP contribution is -2.48. The van der Waals surface area contributed by atoms with Crippen LogP contribution in [0.25, 0.3) is 0 Å². The number of amides is 2. The summed E-state index contributed by atoms with van der Waals surface area (Å²) >= 11 is 5.89. The largest absolute Gasteiger partial charge is 0.493 e. The van der Waals surface area contributed by atoms with Gasteiger partial charge >= 0.3 is 0 Å². The third-order valence-corrected chi connectivity index (χ3v) is 4.96. The van der Waals surface area contributed by atoms with Crippen molar-refractivity contribution >= 4 is 23.4 Å². The molecule has 2 aromatic rings. The summed E-state index contributed by atoms with van der Waals surface area (Å²) in [7, 11) is 0. The fraction of sp³-hybridized carbons (Fsp3) is 0.364. The number of benzene rings is 2. The molecule has 0 bridgehead atoms. The lowest BCUT2D eigenvalue weighted by atomic mass is 9.98. The summed E-state index contributed by atoms with van der Waals surface area (Å²) in [6.07, 6.45) is 1.25. The molecule has 0 unspecified atom stereocenters. The van der Waals surface area contributed by atoms with Crippen molar-refractivity contribution in [2.24, 2.45) is 5.92 Å². The average Bonchev–Trinajstić information content (AvgIpc) is 2.68. The average molecular weight is 401 g/mol. The Morgan fingerprint density at radius 1 is 1.14 bits per heavy atom. The van der Waals surface area contributed by atoms with E-state index in [0.29, 0.717) is 30.0 Å². The van der Waals surface area contributed by atoms with Crippen LogP contribution < -0.4 is 15.4 Å². The predicted octanol–water partition coefficient (Wildman–Crippen LogP) is 4.12. The molecule has 0 aromatic heterocycles. The van der Waals surface area contributed by atoms with Gasteiger partial charge in [0.1, 0.15) is 11.8 Å². The zero-order valence-electron chi connectivity index (χ0n) is 16.1. The maximum atomic E-state index is 13.0. The molecule has 2 atom stereocenters. The van der Waals surface area contributed by atoms with E-state index in [4.69, 9.17) is 16.3 Å². The second-order valence-electron chi connectivity index (χ2n) is 7.40. The summed E-state index contributed by atoms with van der Waals surface area (Å²) < 4.78 is 5.66. The number of fused-ring (bicyclic) bond motifs is 1. The zero-order valence-corrected chi connectivity index (χ0v) is 16.8. The Morgan fingerprint density at radius 3 is 2.57 bits per heavy atom. The number of carbonyl (C=O) groups is 2. The molecule has 2 N–H and O–H groups in total. The van der Waals surface area contributed by atoms with Gasteiger partial charge in [-0.25, -0.2) is 0 Å². The van der Waals surface area contributed by atoms with Crippen molar-refractivity contribution in [3.8, 4) is 5.75 Å². The Morgan fingerprint density at radius 2 is 1.86 bits per heavy atom. The Bertz CT molecular complexity index is 836. The van der Waals surface area contributed by atoms with Crippen LogP contribution in [0.5, 0.6) is 5.75 Å². The molecule has 0 saturated heterocycles. The van der Waals surface area contributed by atoms with Gasteiger partial charge < -0.3 is 15.4 Å². The number of ether oxygens (including phenoxy) is 1. The molecule has 1 heterocycles. The smallest absolute Gasteiger partial charge is 0.251 e. The van der Waals surface area contributed by atoms with E-state index >= 15 is 0 Å². The molecule has 148 valence electrons. The van der Waals surface area contributed by atoms with Gasteiger partial charge in [-0.3, -0.25) is 9.59 Å².